The van der Waals surface area contributed by atoms with Crippen LogP contribution >= 0.6 is 0 Å². The van der Waals surface area contributed by atoms with Crippen LogP contribution in [-0.2, 0) is 11.0 Å². The summed E-state index contributed by atoms with van der Waals surface area (Å²) in [7, 11) is -1.70. The minimum atomic E-state index is -1.70. The Morgan fingerprint density at radius 3 is 2.58 bits per heavy atom. The van der Waals surface area contributed by atoms with Crippen LogP contribution in [0.4, 0.5) is 0 Å². The van der Waals surface area contributed by atoms with Gasteiger partial charge < -0.3 is 4.43 Å². The molecule has 3 heteroatoms. The third-order valence-electron chi connectivity index (χ3n) is 3.71. The number of hydrogen-bond donors (Lipinski definition) is 0. The van der Waals surface area contributed by atoms with E-state index in [2.05, 4.69) is 46.0 Å². The van der Waals surface area contributed by atoms with Crippen molar-refractivity contribution in [1.29, 1.82) is 5.26 Å². The highest BCUT2D eigenvalue weighted by molar-refractivity contribution is 6.74. The number of rotatable bonds is 4. The molecule has 0 fully saturated rings. The van der Waals surface area contributed by atoms with E-state index < -0.39 is 8.32 Å². The summed E-state index contributed by atoms with van der Waals surface area (Å²) in [4.78, 5) is 0. The lowest BCUT2D eigenvalue weighted by Gasteiger charge is -2.36. The predicted octanol–water partition coefficient (Wildman–Crippen LogP) is 4.75. The molecular weight excluding hydrogens is 250 g/mol. The second-order valence-corrected chi connectivity index (χ2v) is 11.1. The Hall–Kier alpha value is -1.37. The van der Waals surface area contributed by atoms with E-state index in [1.807, 2.05) is 24.3 Å². The lowest BCUT2D eigenvalue weighted by Crippen LogP contribution is -2.40. The Morgan fingerprint density at radius 2 is 2.00 bits per heavy atom. The second kappa shape index (κ2) is 6.18. The van der Waals surface area contributed by atoms with Gasteiger partial charge in [0.1, 0.15) is 0 Å². The molecule has 19 heavy (non-hydrogen) atoms. The van der Waals surface area contributed by atoms with E-state index in [0.717, 1.165) is 11.1 Å². The molecule has 2 nitrogen and oxygen atoms in total. The monoisotopic (exact) mass is 273 g/mol. The molecule has 0 unspecified atom stereocenters. The first-order valence-electron chi connectivity index (χ1n) is 6.55. The summed E-state index contributed by atoms with van der Waals surface area (Å²) < 4.78 is 6.19. The quantitative estimate of drug-likeness (QED) is 0.586. The summed E-state index contributed by atoms with van der Waals surface area (Å²) in [5, 5.41) is 8.77. The highest BCUT2D eigenvalue weighted by atomic mass is 28.4. The van der Waals surface area contributed by atoms with Crippen LogP contribution in [-0.4, -0.2) is 8.32 Å². The summed E-state index contributed by atoms with van der Waals surface area (Å²) in [5.74, 6) is 0. The molecule has 1 aromatic carbocycles. The molecule has 0 spiro atoms. The highest BCUT2D eigenvalue weighted by Crippen LogP contribution is 2.37. The summed E-state index contributed by atoms with van der Waals surface area (Å²) in [6.07, 6.45) is 3.31. The number of nitriles is 1. The summed E-state index contributed by atoms with van der Waals surface area (Å²) in [6, 6.07) is 10.1. The van der Waals surface area contributed by atoms with Crippen LogP contribution in [0.5, 0.6) is 0 Å². The van der Waals surface area contributed by atoms with E-state index in [-0.39, 0.29) is 5.04 Å². The molecule has 0 amide bonds. The van der Waals surface area contributed by atoms with Gasteiger partial charge in [-0.15, -0.1) is 0 Å². The molecule has 0 aliphatic carbocycles. The van der Waals surface area contributed by atoms with E-state index in [1.54, 1.807) is 0 Å². The Morgan fingerprint density at radius 1 is 1.32 bits per heavy atom. The maximum Gasteiger partial charge on any atom is 0.192 e. The lowest BCUT2D eigenvalue weighted by atomic mass is 10.1. The maximum absolute atomic E-state index is 8.54. The van der Waals surface area contributed by atoms with Gasteiger partial charge in [-0.05, 0) is 41.4 Å². The van der Waals surface area contributed by atoms with Crippen molar-refractivity contribution in [2.75, 3.05) is 0 Å². The van der Waals surface area contributed by atoms with Gasteiger partial charge in [-0.2, -0.15) is 5.26 Å². The van der Waals surface area contributed by atoms with Gasteiger partial charge in [0.05, 0.1) is 12.7 Å². The van der Waals surface area contributed by atoms with Gasteiger partial charge in [-0.3, -0.25) is 0 Å². The zero-order chi connectivity index (χ0) is 14.5. The Labute approximate surface area is 117 Å². The molecule has 0 heterocycles. The van der Waals surface area contributed by atoms with E-state index in [4.69, 9.17) is 9.69 Å². The van der Waals surface area contributed by atoms with Gasteiger partial charge in [0, 0.05) is 6.08 Å². The summed E-state index contributed by atoms with van der Waals surface area (Å²) in [6.45, 7) is 11.9. The van der Waals surface area contributed by atoms with Gasteiger partial charge in [0.2, 0.25) is 0 Å². The molecular formula is C16H23NOSi. The number of hydrogen-bond acceptors (Lipinski definition) is 2. The molecule has 0 bridgehead atoms. The van der Waals surface area contributed by atoms with Crippen LogP contribution in [0.25, 0.3) is 6.08 Å². The lowest BCUT2D eigenvalue weighted by molar-refractivity contribution is 0.276. The number of allylic oxidation sites excluding steroid dienone is 1. The molecule has 0 radical (unpaired) electrons. The molecule has 0 atom stereocenters. The molecule has 0 aliphatic heterocycles. The molecule has 0 saturated heterocycles. The van der Waals surface area contributed by atoms with Crippen LogP contribution in [0.15, 0.2) is 30.3 Å². The highest BCUT2D eigenvalue weighted by Gasteiger charge is 2.36. The molecule has 0 aromatic heterocycles. The van der Waals surface area contributed by atoms with E-state index >= 15 is 0 Å². The second-order valence-electron chi connectivity index (χ2n) is 6.26. The van der Waals surface area contributed by atoms with Crippen molar-refractivity contribution in [3.8, 4) is 6.07 Å². The van der Waals surface area contributed by atoms with E-state index in [0.29, 0.717) is 6.61 Å². The molecule has 0 saturated carbocycles. The predicted molar refractivity (Wildman–Crippen MR) is 83.1 cm³/mol. The average Bonchev–Trinajstić information content (AvgIpc) is 2.33. The third kappa shape index (κ3) is 4.66. The van der Waals surface area contributed by atoms with Crippen molar-refractivity contribution in [3.05, 3.63) is 41.5 Å². The third-order valence-corrected chi connectivity index (χ3v) is 8.19. The van der Waals surface area contributed by atoms with Crippen molar-refractivity contribution in [3.63, 3.8) is 0 Å². The molecule has 1 aromatic rings. The molecule has 0 N–H and O–H groups in total. The van der Waals surface area contributed by atoms with Crippen molar-refractivity contribution in [1.82, 2.24) is 0 Å². The largest absolute Gasteiger partial charge is 0.413 e. The fraction of sp³-hybridized carbons (Fsp3) is 0.438. The minimum Gasteiger partial charge on any atom is -0.413 e. The van der Waals surface area contributed by atoms with Crippen LogP contribution in [0.1, 0.15) is 31.9 Å². The zero-order valence-electron chi connectivity index (χ0n) is 12.5. The Bertz CT molecular complexity index is 492. The van der Waals surface area contributed by atoms with Crippen LogP contribution in [0.2, 0.25) is 18.1 Å². The summed E-state index contributed by atoms with van der Waals surface area (Å²) >= 11 is 0. The van der Waals surface area contributed by atoms with Crippen LogP contribution < -0.4 is 0 Å². The van der Waals surface area contributed by atoms with Crippen molar-refractivity contribution in [2.45, 2.75) is 45.5 Å². The van der Waals surface area contributed by atoms with Gasteiger partial charge in [-0.1, -0.05) is 39.0 Å². The summed E-state index contributed by atoms with van der Waals surface area (Å²) in [5.41, 5.74) is 2.20. The van der Waals surface area contributed by atoms with Crippen LogP contribution in [0, 0.1) is 11.3 Å². The molecule has 102 valence electrons. The van der Waals surface area contributed by atoms with Gasteiger partial charge in [0.25, 0.3) is 0 Å². The fourth-order valence-corrected chi connectivity index (χ4v) is 2.36. The van der Waals surface area contributed by atoms with Crippen LogP contribution in [0.3, 0.4) is 0 Å². The minimum absolute atomic E-state index is 0.228. The Balaban J connectivity index is 2.74. The van der Waals surface area contributed by atoms with Gasteiger partial charge >= 0.3 is 0 Å². The van der Waals surface area contributed by atoms with Gasteiger partial charge in [0.15, 0.2) is 8.32 Å². The number of benzene rings is 1. The number of nitrogens with zero attached hydrogens (tertiary/aromatic N) is 1. The molecule has 1 rings (SSSR count). The fourth-order valence-electron chi connectivity index (χ4n) is 1.40. The van der Waals surface area contributed by atoms with E-state index in [9.17, 15) is 0 Å². The SMILES string of the molecule is CC(C)(C)[Si](C)(C)OCc1cccc(/C=C/C#N)c1. The first-order valence-corrected chi connectivity index (χ1v) is 9.46. The first kappa shape index (κ1) is 15.7. The average molecular weight is 273 g/mol. The normalized spacial score (nSPS) is 12.6. The smallest absolute Gasteiger partial charge is 0.192 e. The standard InChI is InChI=1S/C16H23NOSi/c1-16(2,3)19(4,5)18-13-15-9-6-8-14(12-15)10-7-11-17/h6-10,12H,13H2,1-5H3/b10-7+. The van der Waals surface area contributed by atoms with Crippen molar-refractivity contribution in [2.24, 2.45) is 0 Å². The van der Waals surface area contributed by atoms with Crippen molar-refractivity contribution >= 4 is 14.4 Å². The zero-order valence-corrected chi connectivity index (χ0v) is 13.5. The maximum atomic E-state index is 8.54. The van der Waals surface area contributed by atoms with Crippen molar-refractivity contribution < 1.29 is 4.43 Å². The Kier molecular flexibility index (Phi) is 5.10. The first-order chi connectivity index (χ1) is 8.76. The van der Waals surface area contributed by atoms with Gasteiger partial charge in [-0.25, -0.2) is 0 Å². The molecule has 0 aliphatic rings. The topological polar surface area (TPSA) is 33.0 Å². The van der Waals surface area contributed by atoms with E-state index in [1.165, 1.54) is 6.08 Å².